The quantitative estimate of drug-likeness (QED) is 0.161. The van der Waals surface area contributed by atoms with Gasteiger partial charge in [0.1, 0.15) is 0 Å². The Morgan fingerprint density at radius 3 is 1.74 bits per heavy atom. The first-order valence-electron chi connectivity index (χ1n) is 16.8. The number of rotatable bonds is 0. The first-order chi connectivity index (χ1) is 23.3. The fourth-order valence-corrected chi connectivity index (χ4v) is 8.72. The van der Waals surface area contributed by atoms with Gasteiger partial charge in [-0.2, -0.15) is 0 Å². The molecule has 0 saturated heterocycles. The summed E-state index contributed by atoms with van der Waals surface area (Å²) in [6, 6.07) is 50.2. The van der Waals surface area contributed by atoms with E-state index in [2.05, 4.69) is 174 Å². The van der Waals surface area contributed by atoms with Gasteiger partial charge in [0.05, 0.1) is 0 Å². The van der Waals surface area contributed by atoms with Crippen LogP contribution in [-0.4, -0.2) is 13.7 Å². The van der Waals surface area contributed by atoms with E-state index >= 15 is 0 Å². The molecule has 0 saturated carbocycles. The Balaban J connectivity index is 1.30. The molecule has 1 unspecified atom stereocenters. The molecule has 220 valence electrons. The van der Waals surface area contributed by atoms with Crippen LogP contribution in [0.25, 0.3) is 33.4 Å². The molecule has 47 heavy (non-hydrogen) atoms. The third-order valence-corrected chi connectivity index (χ3v) is 10.8. The van der Waals surface area contributed by atoms with Crippen molar-refractivity contribution in [1.29, 1.82) is 0 Å². The first kappa shape index (κ1) is 26.7. The number of hydrogen-bond donors (Lipinski definition) is 0. The van der Waals surface area contributed by atoms with Gasteiger partial charge in [-0.05, 0) is 69.2 Å². The lowest BCUT2D eigenvalue weighted by molar-refractivity contribution is 0.963. The Labute approximate surface area is 277 Å². The first-order valence-corrected chi connectivity index (χ1v) is 16.8. The third kappa shape index (κ3) is 3.82. The van der Waals surface area contributed by atoms with Crippen LogP contribution in [0.1, 0.15) is 18.4 Å². The maximum atomic E-state index is 2.65. The molecule has 0 amide bonds. The Morgan fingerprint density at radius 1 is 0.489 bits per heavy atom. The van der Waals surface area contributed by atoms with Crippen molar-refractivity contribution in [2.24, 2.45) is 0 Å². The maximum absolute atomic E-state index is 2.65. The highest BCUT2D eigenvalue weighted by molar-refractivity contribution is 6.92. The van der Waals surface area contributed by atoms with E-state index in [1.165, 1.54) is 78.1 Å². The molecule has 4 heterocycles. The summed E-state index contributed by atoms with van der Waals surface area (Å²) in [6.07, 6.45) is 10.0. The molecule has 0 bridgehead atoms. The normalized spacial score (nSPS) is 17.8. The average molecular weight is 598 g/mol. The second-order valence-corrected chi connectivity index (χ2v) is 13.2. The molecule has 1 atom stereocenters. The average Bonchev–Trinajstić information content (AvgIpc) is 3.13. The highest BCUT2D eigenvalue weighted by atomic mass is 15.1. The summed E-state index contributed by atoms with van der Waals surface area (Å²) in [6.45, 7) is 2.59. The van der Waals surface area contributed by atoms with Crippen LogP contribution in [0.5, 0.6) is 0 Å². The molecule has 0 spiro atoms. The Morgan fingerprint density at radius 2 is 1.02 bits per heavy atom. The highest BCUT2D eigenvalue weighted by Crippen LogP contribution is 2.52. The Bertz CT molecular complexity index is 2300. The fraction of sp³-hybridized carbons (Fsp3) is 0.0698. The van der Waals surface area contributed by atoms with Gasteiger partial charge in [-0.1, -0.05) is 140 Å². The van der Waals surface area contributed by atoms with Crippen LogP contribution < -0.4 is 26.0 Å². The minimum atomic E-state index is 0.0990. The van der Waals surface area contributed by atoms with Crippen molar-refractivity contribution in [2.45, 2.75) is 19.2 Å². The molecule has 0 radical (unpaired) electrons. The van der Waals surface area contributed by atoms with E-state index < -0.39 is 0 Å². The number of para-hydroxylation sites is 2. The van der Waals surface area contributed by atoms with E-state index in [1.54, 1.807) is 0 Å². The topological polar surface area (TPSA) is 6.48 Å². The highest BCUT2D eigenvalue weighted by Gasteiger charge is 2.44. The third-order valence-electron chi connectivity index (χ3n) is 10.8. The van der Waals surface area contributed by atoms with Gasteiger partial charge in [-0.25, -0.2) is 0 Å². The van der Waals surface area contributed by atoms with Gasteiger partial charge < -0.3 is 9.62 Å². The summed E-state index contributed by atoms with van der Waals surface area (Å²) >= 11 is 0. The van der Waals surface area contributed by atoms with Crippen LogP contribution in [-0.2, 0) is 0 Å². The smallest absolute Gasteiger partial charge is 0.329 e. The largest absolute Gasteiger partial charge is 0.380 e. The number of anilines is 4. The summed E-state index contributed by atoms with van der Waals surface area (Å²) in [5, 5.41) is 0. The van der Waals surface area contributed by atoms with E-state index in [-0.39, 0.29) is 13.7 Å². The van der Waals surface area contributed by atoms with E-state index in [0.29, 0.717) is 5.92 Å². The van der Waals surface area contributed by atoms with Gasteiger partial charge in [0.15, 0.2) is 0 Å². The lowest BCUT2D eigenvalue weighted by atomic mass is 9.43. The van der Waals surface area contributed by atoms with Crippen LogP contribution in [0.15, 0.2) is 158 Å². The molecule has 2 nitrogen and oxygen atoms in total. The second-order valence-electron chi connectivity index (χ2n) is 13.2. The van der Waals surface area contributed by atoms with Gasteiger partial charge in [0.25, 0.3) is 6.85 Å². The zero-order chi connectivity index (χ0) is 31.1. The summed E-state index contributed by atoms with van der Waals surface area (Å²) in [4.78, 5) is 5.28. The van der Waals surface area contributed by atoms with E-state index in [4.69, 9.17) is 0 Å². The van der Waals surface area contributed by atoms with Gasteiger partial charge in [-0.3, -0.25) is 0 Å². The number of allylic oxidation sites excluding steroid dienone is 4. The molecule has 4 aliphatic heterocycles. The molecular formula is C43H32B2N2. The summed E-state index contributed by atoms with van der Waals surface area (Å²) < 4.78 is 0. The van der Waals surface area contributed by atoms with Crippen molar-refractivity contribution < 1.29 is 0 Å². The minimum absolute atomic E-state index is 0.0990. The van der Waals surface area contributed by atoms with Crippen molar-refractivity contribution in [2.75, 3.05) is 9.62 Å². The lowest BCUT2D eigenvalue weighted by Crippen LogP contribution is -2.59. The molecule has 10 rings (SSSR count). The molecule has 0 fully saturated rings. The lowest BCUT2D eigenvalue weighted by Gasteiger charge is -2.45. The molecule has 4 aliphatic rings. The van der Waals surface area contributed by atoms with E-state index in [1.807, 2.05) is 0 Å². The van der Waals surface area contributed by atoms with Crippen LogP contribution in [0.4, 0.5) is 22.7 Å². The van der Waals surface area contributed by atoms with Crippen molar-refractivity contribution in [3.8, 4) is 33.4 Å². The molecule has 0 N–H and O–H groups in total. The minimum Gasteiger partial charge on any atom is -0.380 e. The molecule has 0 aliphatic carbocycles. The van der Waals surface area contributed by atoms with Gasteiger partial charge >= 0.3 is 6.85 Å². The van der Waals surface area contributed by atoms with Crippen LogP contribution in [0.3, 0.4) is 0 Å². The van der Waals surface area contributed by atoms with Crippen molar-refractivity contribution in [1.82, 2.24) is 0 Å². The Kier molecular flexibility index (Phi) is 5.84. The molecule has 6 aromatic carbocycles. The van der Waals surface area contributed by atoms with Crippen LogP contribution in [0, 0.1) is 0 Å². The van der Waals surface area contributed by atoms with Crippen molar-refractivity contribution in [3.05, 3.63) is 163 Å². The van der Waals surface area contributed by atoms with Gasteiger partial charge in [0.2, 0.25) is 0 Å². The zero-order valence-corrected chi connectivity index (χ0v) is 26.3. The second kappa shape index (κ2) is 10.3. The molecular weight excluding hydrogens is 566 g/mol. The summed E-state index contributed by atoms with van der Waals surface area (Å²) in [5.74, 6) is 0.291. The number of fused-ring (bicyclic) bond motifs is 19. The van der Waals surface area contributed by atoms with Gasteiger partial charge in [-0.15, -0.1) is 0 Å². The van der Waals surface area contributed by atoms with Gasteiger partial charge in [0, 0.05) is 45.4 Å². The summed E-state index contributed by atoms with van der Waals surface area (Å²) in [5.41, 5.74) is 18.4. The molecule has 6 aromatic rings. The number of nitrogens with zero attached hydrogens (tertiary/aromatic N) is 2. The monoisotopic (exact) mass is 598 g/mol. The van der Waals surface area contributed by atoms with Crippen LogP contribution >= 0.6 is 0 Å². The van der Waals surface area contributed by atoms with E-state index in [9.17, 15) is 0 Å². The van der Waals surface area contributed by atoms with Crippen molar-refractivity contribution in [3.63, 3.8) is 0 Å². The zero-order valence-electron chi connectivity index (χ0n) is 26.3. The maximum Gasteiger partial charge on any atom is 0.329 e. The Hall–Kier alpha value is -5.47. The predicted molar refractivity (Wildman–Crippen MR) is 202 cm³/mol. The summed E-state index contributed by atoms with van der Waals surface area (Å²) in [7, 11) is 0. The number of benzene rings is 6. The standard InChI is InChI=1S/C43H32B2N2/c1-29-15-3-2-14-26-44-37-21-9-4-18-32(37)35-28-43-36(27-42(35)46(44)40-24-12-7-16-30(29)40)33-19-6-11-23-39(33)45-38-22-10-5-17-31(38)34-20-8-13-25-41(34)47(43)45/h2-25,27-29H,26H2,1H3/b14-2-,15-3-. The SMILES string of the molecule is CC1/C=C\C=C/CB2c3ccccc3-c3cc4c(cc3N2c2ccccc21)-c1ccccc1B1c2ccccc2-c2ccccc2N14. The van der Waals surface area contributed by atoms with Crippen molar-refractivity contribution >= 4 is 52.8 Å². The number of hydrogen-bond acceptors (Lipinski definition) is 2. The molecule has 0 aromatic heterocycles. The van der Waals surface area contributed by atoms with E-state index in [0.717, 1.165) is 6.32 Å². The predicted octanol–water partition coefficient (Wildman–Crippen LogP) is 8.84. The fourth-order valence-electron chi connectivity index (χ4n) is 8.72. The van der Waals surface area contributed by atoms with Crippen LogP contribution in [0.2, 0.25) is 6.32 Å². The molecule has 4 heteroatoms.